The number of pyridine rings is 1. The van der Waals surface area contributed by atoms with Gasteiger partial charge in [0.05, 0.1) is 5.56 Å². The van der Waals surface area contributed by atoms with Gasteiger partial charge in [-0.1, -0.05) is 49.4 Å². The Morgan fingerprint density at radius 2 is 1.81 bits per heavy atom. The number of carbonyl (C=O) groups is 2. The van der Waals surface area contributed by atoms with E-state index in [1.165, 1.54) is 12.1 Å². The maximum absolute atomic E-state index is 13.1. The fourth-order valence-electron chi connectivity index (χ4n) is 3.77. The Hall–Kier alpha value is -3.93. The average Bonchev–Trinajstić information content (AvgIpc) is 3.23. The first kappa shape index (κ1) is 20.3. The van der Waals surface area contributed by atoms with Gasteiger partial charge in [-0.2, -0.15) is 0 Å². The molecule has 0 bridgehead atoms. The van der Waals surface area contributed by atoms with Crippen LogP contribution in [-0.2, 0) is 17.8 Å². The molecule has 0 saturated carbocycles. The van der Waals surface area contributed by atoms with Gasteiger partial charge in [-0.25, -0.2) is 4.79 Å². The minimum Gasteiger partial charge on any atom is -0.478 e. The molecule has 0 fully saturated rings. The van der Waals surface area contributed by atoms with Gasteiger partial charge < -0.3 is 15.4 Å². The maximum Gasteiger partial charge on any atom is 0.335 e. The molecule has 1 aliphatic rings. The molecule has 1 aromatic heterocycles. The number of aromatic carboxylic acids is 1. The fourth-order valence-corrected chi connectivity index (χ4v) is 3.77. The molecule has 4 rings (SSSR count). The van der Waals surface area contributed by atoms with Gasteiger partial charge >= 0.3 is 5.97 Å². The Morgan fingerprint density at radius 3 is 2.48 bits per heavy atom. The number of benzene rings is 2. The van der Waals surface area contributed by atoms with Crippen molar-refractivity contribution in [3.63, 3.8) is 0 Å². The van der Waals surface area contributed by atoms with Crippen LogP contribution in [0.15, 0.2) is 71.2 Å². The quantitative estimate of drug-likeness (QED) is 0.575. The van der Waals surface area contributed by atoms with Crippen LogP contribution in [-0.4, -0.2) is 22.0 Å². The molecule has 1 heterocycles. The lowest BCUT2D eigenvalue weighted by Crippen LogP contribution is -2.24. The highest BCUT2D eigenvalue weighted by molar-refractivity contribution is 6.00. The number of nitrogens with one attached hydrogen (secondary N) is 2. The van der Waals surface area contributed by atoms with Gasteiger partial charge in [0.1, 0.15) is 0 Å². The molecule has 1 aliphatic carbocycles. The van der Waals surface area contributed by atoms with Gasteiger partial charge in [-0.05, 0) is 29.3 Å². The van der Waals surface area contributed by atoms with Gasteiger partial charge in [0.15, 0.2) is 5.43 Å². The lowest BCUT2D eigenvalue weighted by Gasteiger charge is -2.13. The highest BCUT2D eigenvalue weighted by Gasteiger charge is 2.24. The van der Waals surface area contributed by atoms with Crippen LogP contribution >= 0.6 is 0 Å². The van der Waals surface area contributed by atoms with E-state index in [9.17, 15) is 14.4 Å². The second kappa shape index (κ2) is 8.44. The standard InChI is InChI=1S/C25H22N2O4/c1-15(17-7-9-18(10-8-17)25(30)31)21-14-26-22-12-19(11-20(22)23(21)28)24(29)27-13-16-5-3-2-4-6-16/h2-11,14-15H,12-13H2,1H3,(H,26,28)(H,27,29)(H,30,31). The number of hydrogen-bond acceptors (Lipinski definition) is 3. The number of carboxylic acids is 1. The van der Waals surface area contributed by atoms with E-state index >= 15 is 0 Å². The second-order valence-electron chi connectivity index (χ2n) is 7.63. The van der Waals surface area contributed by atoms with Gasteiger partial charge in [0, 0.05) is 47.5 Å². The average molecular weight is 414 g/mol. The summed E-state index contributed by atoms with van der Waals surface area (Å²) < 4.78 is 0. The fraction of sp³-hybridized carbons (Fsp3) is 0.160. The van der Waals surface area contributed by atoms with Crippen LogP contribution in [0.3, 0.4) is 0 Å². The summed E-state index contributed by atoms with van der Waals surface area (Å²) >= 11 is 0. The number of aromatic amines is 1. The van der Waals surface area contributed by atoms with Crippen LogP contribution in [0.4, 0.5) is 0 Å². The van der Waals surface area contributed by atoms with Gasteiger partial charge in [0.25, 0.3) is 0 Å². The molecule has 0 spiro atoms. The molecule has 6 nitrogen and oxygen atoms in total. The van der Waals surface area contributed by atoms with E-state index in [4.69, 9.17) is 5.11 Å². The molecular weight excluding hydrogens is 392 g/mol. The minimum atomic E-state index is -0.988. The van der Waals surface area contributed by atoms with Crippen LogP contribution in [0.2, 0.25) is 0 Å². The number of amides is 1. The SMILES string of the molecule is CC(c1ccc(C(=O)O)cc1)c1c[nH]c2c(c1=O)C=C(C(=O)NCc1ccccc1)C2. The number of carbonyl (C=O) groups excluding carboxylic acids is 1. The Labute approximate surface area is 179 Å². The van der Waals surface area contributed by atoms with Crippen molar-refractivity contribution in [2.45, 2.75) is 25.8 Å². The van der Waals surface area contributed by atoms with Crippen molar-refractivity contribution in [3.8, 4) is 0 Å². The van der Waals surface area contributed by atoms with Crippen LogP contribution in [0, 0.1) is 0 Å². The van der Waals surface area contributed by atoms with Crippen molar-refractivity contribution in [2.24, 2.45) is 0 Å². The molecule has 6 heteroatoms. The van der Waals surface area contributed by atoms with E-state index in [1.54, 1.807) is 24.4 Å². The zero-order valence-corrected chi connectivity index (χ0v) is 17.0. The molecule has 2 aromatic carbocycles. The number of fused-ring (bicyclic) bond motifs is 1. The lowest BCUT2D eigenvalue weighted by molar-refractivity contribution is -0.117. The molecule has 1 unspecified atom stereocenters. The lowest BCUT2D eigenvalue weighted by atomic mass is 9.92. The van der Waals surface area contributed by atoms with Crippen LogP contribution in [0.25, 0.3) is 6.08 Å². The Kier molecular flexibility index (Phi) is 5.54. The Balaban J connectivity index is 1.53. The third-order valence-corrected chi connectivity index (χ3v) is 5.63. The van der Waals surface area contributed by atoms with Crippen molar-refractivity contribution in [1.82, 2.24) is 10.3 Å². The zero-order valence-electron chi connectivity index (χ0n) is 17.0. The van der Waals surface area contributed by atoms with E-state index in [0.717, 1.165) is 16.8 Å². The van der Waals surface area contributed by atoms with E-state index in [-0.39, 0.29) is 22.8 Å². The number of carboxylic acid groups (broad SMARTS) is 1. The molecule has 0 aliphatic heterocycles. The van der Waals surface area contributed by atoms with E-state index in [1.807, 2.05) is 37.3 Å². The van der Waals surface area contributed by atoms with Crippen LogP contribution in [0.5, 0.6) is 0 Å². The molecule has 3 N–H and O–H groups in total. The van der Waals surface area contributed by atoms with Gasteiger partial charge in [0.2, 0.25) is 5.91 Å². The highest BCUT2D eigenvalue weighted by atomic mass is 16.4. The summed E-state index contributed by atoms with van der Waals surface area (Å²) in [6, 6.07) is 16.2. The molecule has 1 amide bonds. The van der Waals surface area contributed by atoms with E-state index < -0.39 is 5.97 Å². The first-order valence-corrected chi connectivity index (χ1v) is 10.0. The largest absolute Gasteiger partial charge is 0.478 e. The molecule has 0 radical (unpaired) electrons. The Bertz CT molecular complexity index is 1220. The summed E-state index contributed by atoms with van der Waals surface area (Å²) in [6.45, 7) is 2.33. The highest BCUT2D eigenvalue weighted by Crippen LogP contribution is 2.26. The third kappa shape index (κ3) is 4.19. The molecule has 31 heavy (non-hydrogen) atoms. The first-order chi connectivity index (χ1) is 14.9. The third-order valence-electron chi connectivity index (χ3n) is 5.63. The second-order valence-corrected chi connectivity index (χ2v) is 7.63. The summed E-state index contributed by atoms with van der Waals surface area (Å²) in [6.07, 6.45) is 3.74. The topological polar surface area (TPSA) is 99.3 Å². The maximum atomic E-state index is 13.1. The van der Waals surface area contributed by atoms with Crippen LogP contribution < -0.4 is 10.7 Å². The van der Waals surface area contributed by atoms with Crippen molar-refractivity contribution in [1.29, 1.82) is 0 Å². The van der Waals surface area contributed by atoms with Crippen molar-refractivity contribution >= 4 is 18.0 Å². The normalized spacial score (nSPS) is 13.3. The first-order valence-electron chi connectivity index (χ1n) is 10.0. The van der Waals surface area contributed by atoms with Crippen molar-refractivity contribution in [3.05, 3.63) is 110 Å². The smallest absolute Gasteiger partial charge is 0.335 e. The predicted octanol–water partition coefficient (Wildman–Crippen LogP) is 3.48. The molecule has 0 saturated heterocycles. The van der Waals surface area contributed by atoms with E-state index in [0.29, 0.717) is 29.7 Å². The van der Waals surface area contributed by atoms with Gasteiger partial charge in [-0.15, -0.1) is 0 Å². The monoisotopic (exact) mass is 414 g/mol. The summed E-state index contributed by atoms with van der Waals surface area (Å²) in [5.41, 5.74) is 4.30. The molecule has 3 aromatic rings. The molecular formula is C25H22N2O4. The van der Waals surface area contributed by atoms with Crippen LogP contribution in [0.1, 0.15) is 51.1 Å². The van der Waals surface area contributed by atoms with Gasteiger partial charge in [-0.3, -0.25) is 9.59 Å². The van der Waals surface area contributed by atoms with Crippen molar-refractivity contribution in [2.75, 3.05) is 0 Å². The predicted molar refractivity (Wildman–Crippen MR) is 118 cm³/mol. The number of H-pyrrole nitrogens is 1. The summed E-state index contributed by atoms with van der Waals surface area (Å²) in [4.78, 5) is 39.9. The summed E-state index contributed by atoms with van der Waals surface area (Å²) in [7, 11) is 0. The summed E-state index contributed by atoms with van der Waals surface area (Å²) in [5.74, 6) is -1.40. The number of aromatic nitrogens is 1. The van der Waals surface area contributed by atoms with Crippen molar-refractivity contribution < 1.29 is 14.7 Å². The number of rotatable bonds is 6. The summed E-state index contributed by atoms with van der Waals surface area (Å²) in [5, 5.41) is 12.0. The zero-order chi connectivity index (χ0) is 22.0. The minimum absolute atomic E-state index is 0.116. The van der Waals surface area contributed by atoms with E-state index in [2.05, 4.69) is 10.3 Å². The Morgan fingerprint density at radius 1 is 1.10 bits per heavy atom. The number of hydrogen-bond donors (Lipinski definition) is 3. The molecule has 156 valence electrons. The molecule has 1 atom stereocenters.